The highest BCUT2D eigenvalue weighted by atomic mass is 35.5. The Morgan fingerprint density at radius 3 is 2.81 bits per heavy atom. The zero-order valence-corrected chi connectivity index (χ0v) is 9.57. The molecule has 1 unspecified atom stereocenters. The third-order valence-electron chi connectivity index (χ3n) is 2.00. The molecule has 16 heavy (non-hydrogen) atoms. The van der Waals surface area contributed by atoms with Gasteiger partial charge in [0.2, 0.25) is 0 Å². The van der Waals surface area contributed by atoms with Crippen molar-refractivity contribution >= 4 is 17.6 Å². The first-order chi connectivity index (χ1) is 7.42. The second-order valence-electron chi connectivity index (χ2n) is 3.70. The Morgan fingerprint density at radius 1 is 1.56 bits per heavy atom. The molecule has 1 aromatic carbocycles. The fourth-order valence-electron chi connectivity index (χ4n) is 1.06. The maximum atomic E-state index is 10.6. The second-order valence-corrected chi connectivity index (χ2v) is 4.14. The fourth-order valence-corrected chi connectivity index (χ4v) is 1.27. The van der Waals surface area contributed by atoms with E-state index in [9.17, 15) is 9.90 Å². The van der Waals surface area contributed by atoms with Gasteiger partial charge in [-0.25, -0.2) is 4.79 Å². The van der Waals surface area contributed by atoms with Crippen molar-refractivity contribution in [1.29, 1.82) is 0 Å². The standard InChI is InChI=1S/C11H13ClO4/c1-11(15,10(13)14)7-16-6-8-3-2-4-9(12)5-8/h2-5,15H,6-7H2,1H3,(H,13,14). The van der Waals surface area contributed by atoms with Gasteiger partial charge in [-0.15, -0.1) is 0 Å². The zero-order valence-electron chi connectivity index (χ0n) is 8.81. The summed E-state index contributed by atoms with van der Waals surface area (Å²) >= 11 is 5.77. The molecular formula is C11H13ClO4. The summed E-state index contributed by atoms with van der Waals surface area (Å²) in [5.74, 6) is -1.31. The summed E-state index contributed by atoms with van der Waals surface area (Å²) in [5, 5.41) is 18.6. The van der Waals surface area contributed by atoms with Gasteiger partial charge in [0, 0.05) is 5.02 Å². The Hall–Kier alpha value is -1.10. The van der Waals surface area contributed by atoms with Crippen LogP contribution in [0.2, 0.25) is 5.02 Å². The summed E-state index contributed by atoms with van der Waals surface area (Å²) in [4.78, 5) is 10.6. The van der Waals surface area contributed by atoms with Crippen LogP contribution in [0.15, 0.2) is 24.3 Å². The molecule has 0 spiro atoms. The van der Waals surface area contributed by atoms with E-state index in [-0.39, 0.29) is 13.2 Å². The lowest BCUT2D eigenvalue weighted by atomic mass is 10.1. The largest absolute Gasteiger partial charge is 0.479 e. The zero-order chi connectivity index (χ0) is 12.2. The van der Waals surface area contributed by atoms with Gasteiger partial charge in [-0.2, -0.15) is 0 Å². The van der Waals surface area contributed by atoms with Crippen LogP contribution in [-0.2, 0) is 16.1 Å². The third kappa shape index (κ3) is 3.81. The van der Waals surface area contributed by atoms with Gasteiger partial charge < -0.3 is 14.9 Å². The van der Waals surface area contributed by atoms with Crippen LogP contribution in [0.5, 0.6) is 0 Å². The van der Waals surface area contributed by atoms with E-state index in [1.807, 2.05) is 0 Å². The number of ether oxygens (including phenoxy) is 1. The lowest BCUT2D eigenvalue weighted by Crippen LogP contribution is -2.39. The first-order valence-electron chi connectivity index (χ1n) is 4.70. The third-order valence-corrected chi connectivity index (χ3v) is 2.24. The summed E-state index contributed by atoms with van der Waals surface area (Å²) in [7, 11) is 0. The van der Waals surface area contributed by atoms with Crippen molar-refractivity contribution < 1.29 is 19.7 Å². The highest BCUT2D eigenvalue weighted by Gasteiger charge is 2.29. The smallest absolute Gasteiger partial charge is 0.337 e. The van der Waals surface area contributed by atoms with Crippen LogP contribution in [0.1, 0.15) is 12.5 Å². The minimum absolute atomic E-state index is 0.212. The molecule has 4 nitrogen and oxygen atoms in total. The minimum Gasteiger partial charge on any atom is -0.479 e. The molecule has 0 radical (unpaired) electrons. The lowest BCUT2D eigenvalue weighted by molar-refractivity contribution is -0.163. The number of aliphatic carboxylic acids is 1. The summed E-state index contributed by atoms with van der Waals surface area (Å²) in [6, 6.07) is 7.03. The van der Waals surface area contributed by atoms with Crippen LogP contribution < -0.4 is 0 Å². The van der Waals surface area contributed by atoms with Crippen LogP contribution in [-0.4, -0.2) is 28.4 Å². The number of rotatable bonds is 5. The number of halogens is 1. The molecule has 1 rings (SSSR count). The van der Waals surface area contributed by atoms with Gasteiger partial charge in [0.1, 0.15) is 0 Å². The first-order valence-corrected chi connectivity index (χ1v) is 5.07. The second kappa shape index (κ2) is 5.30. The number of carbonyl (C=O) groups is 1. The number of benzene rings is 1. The Kier molecular flexibility index (Phi) is 4.29. The lowest BCUT2D eigenvalue weighted by Gasteiger charge is -2.17. The molecular weight excluding hydrogens is 232 g/mol. The van der Waals surface area contributed by atoms with Crippen molar-refractivity contribution in [2.45, 2.75) is 19.1 Å². The van der Waals surface area contributed by atoms with Crippen molar-refractivity contribution in [1.82, 2.24) is 0 Å². The van der Waals surface area contributed by atoms with Gasteiger partial charge in [-0.3, -0.25) is 0 Å². The highest BCUT2D eigenvalue weighted by Crippen LogP contribution is 2.12. The number of hydrogen-bond acceptors (Lipinski definition) is 3. The van der Waals surface area contributed by atoms with E-state index >= 15 is 0 Å². The molecule has 0 heterocycles. The molecule has 0 bridgehead atoms. The molecule has 0 aliphatic heterocycles. The average molecular weight is 245 g/mol. The van der Waals surface area contributed by atoms with Crippen molar-refractivity contribution in [2.75, 3.05) is 6.61 Å². The summed E-state index contributed by atoms with van der Waals surface area (Å²) < 4.78 is 5.11. The van der Waals surface area contributed by atoms with Crippen molar-refractivity contribution in [3.05, 3.63) is 34.9 Å². The summed E-state index contributed by atoms with van der Waals surface area (Å²) in [5.41, 5.74) is -1.04. The SMILES string of the molecule is CC(O)(COCc1cccc(Cl)c1)C(=O)O. The van der Waals surface area contributed by atoms with Crippen LogP contribution in [0.4, 0.5) is 0 Å². The molecule has 1 atom stereocenters. The molecule has 0 amide bonds. The Labute approximate surface area is 98.4 Å². The topological polar surface area (TPSA) is 66.8 Å². The van der Waals surface area contributed by atoms with E-state index in [1.165, 1.54) is 6.92 Å². The average Bonchev–Trinajstić information content (AvgIpc) is 2.17. The molecule has 2 N–H and O–H groups in total. The van der Waals surface area contributed by atoms with E-state index in [0.717, 1.165) is 5.56 Å². The number of hydrogen-bond donors (Lipinski definition) is 2. The molecule has 0 fully saturated rings. The molecule has 1 aromatic rings. The predicted octanol–water partition coefficient (Wildman–Crippen LogP) is 1.69. The maximum Gasteiger partial charge on any atom is 0.337 e. The van der Waals surface area contributed by atoms with E-state index in [1.54, 1.807) is 24.3 Å². The quantitative estimate of drug-likeness (QED) is 0.827. The van der Waals surface area contributed by atoms with Gasteiger partial charge in [-0.05, 0) is 24.6 Å². The van der Waals surface area contributed by atoms with E-state index < -0.39 is 11.6 Å². The molecule has 5 heteroatoms. The molecule has 0 saturated heterocycles. The van der Waals surface area contributed by atoms with Crippen molar-refractivity contribution in [3.63, 3.8) is 0 Å². The van der Waals surface area contributed by atoms with Crippen LogP contribution in [0.25, 0.3) is 0 Å². The Balaban J connectivity index is 2.45. The molecule has 88 valence electrons. The maximum absolute atomic E-state index is 10.6. The first kappa shape index (κ1) is 13.0. The molecule has 0 aliphatic rings. The van der Waals surface area contributed by atoms with Crippen molar-refractivity contribution in [3.8, 4) is 0 Å². The van der Waals surface area contributed by atoms with Gasteiger partial charge >= 0.3 is 5.97 Å². The Morgan fingerprint density at radius 2 is 2.25 bits per heavy atom. The number of aliphatic hydroxyl groups is 1. The molecule has 0 aliphatic carbocycles. The van der Waals surface area contributed by atoms with Gasteiger partial charge in [0.15, 0.2) is 5.60 Å². The van der Waals surface area contributed by atoms with Crippen LogP contribution in [0.3, 0.4) is 0 Å². The van der Waals surface area contributed by atoms with Crippen molar-refractivity contribution in [2.24, 2.45) is 0 Å². The monoisotopic (exact) mass is 244 g/mol. The normalized spacial score (nSPS) is 14.4. The van der Waals surface area contributed by atoms with E-state index in [2.05, 4.69) is 0 Å². The molecule has 0 aromatic heterocycles. The highest BCUT2D eigenvalue weighted by molar-refractivity contribution is 6.30. The Bertz CT molecular complexity index is 376. The van der Waals surface area contributed by atoms with Gasteiger partial charge in [-0.1, -0.05) is 23.7 Å². The van der Waals surface area contributed by atoms with Gasteiger partial charge in [0.05, 0.1) is 13.2 Å². The summed E-state index contributed by atoms with van der Waals surface area (Å²) in [6.07, 6.45) is 0. The van der Waals surface area contributed by atoms with Crippen LogP contribution >= 0.6 is 11.6 Å². The van der Waals surface area contributed by atoms with Gasteiger partial charge in [0.25, 0.3) is 0 Å². The number of carboxylic acids is 1. The van der Waals surface area contributed by atoms with Crippen LogP contribution in [0, 0.1) is 0 Å². The van der Waals surface area contributed by atoms with E-state index in [0.29, 0.717) is 5.02 Å². The molecule has 0 saturated carbocycles. The minimum atomic E-state index is -1.86. The summed E-state index contributed by atoms with van der Waals surface area (Å²) in [6.45, 7) is 1.13. The predicted molar refractivity (Wildman–Crippen MR) is 59.4 cm³/mol. The number of carboxylic acid groups (broad SMARTS) is 1. The van der Waals surface area contributed by atoms with E-state index in [4.69, 9.17) is 21.4 Å². The fraction of sp³-hybridized carbons (Fsp3) is 0.364.